The molecular weight excluding hydrogens is 451 g/mol. The van der Waals surface area contributed by atoms with Crippen molar-refractivity contribution in [1.29, 1.82) is 0 Å². The van der Waals surface area contributed by atoms with Crippen LogP contribution in [0.25, 0.3) is 0 Å². The Kier molecular flexibility index (Phi) is 12.3. The lowest BCUT2D eigenvalue weighted by Crippen LogP contribution is -2.11. The molecule has 1 atom stereocenters. The average molecular weight is 486 g/mol. The summed E-state index contributed by atoms with van der Waals surface area (Å²) in [6.07, 6.45) is 1.84. The number of benzene rings is 2. The van der Waals surface area contributed by atoms with Crippen LogP contribution in [-0.2, 0) is 35.1 Å². The lowest BCUT2D eigenvalue weighted by Gasteiger charge is -2.17. The molecule has 0 bridgehead atoms. The Morgan fingerprint density at radius 1 is 1.21 bits per heavy atom. The second-order valence-corrected chi connectivity index (χ2v) is 9.34. The Hall–Kier alpha value is -2.23. The number of rotatable bonds is 9. The second kappa shape index (κ2) is 14.1. The van der Waals surface area contributed by atoms with Crippen LogP contribution in [0.15, 0.2) is 39.6 Å². The van der Waals surface area contributed by atoms with Gasteiger partial charge in [0.2, 0.25) is 0 Å². The van der Waals surface area contributed by atoms with E-state index in [2.05, 4.69) is 9.10 Å². The first kappa shape index (κ1) is 28.8. The predicted octanol–water partition coefficient (Wildman–Crippen LogP) is 5.27. The van der Waals surface area contributed by atoms with E-state index < -0.39 is 17.5 Å². The summed E-state index contributed by atoms with van der Waals surface area (Å²) < 4.78 is 46.4. The minimum absolute atomic E-state index is 0.159. The number of carbonyl (C=O) groups excluding carboxylic acids is 1. The molecule has 5 nitrogen and oxygen atoms in total. The largest absolute Gasteiger partial charge is 0.435 e. The van der Waals surface area contributed by atoms with Crippen molar-refractivity contribution in [3.05, 3.63) is 58.4 Å². The zero-order chi connectivity index (χ0) is 25.1. The number of nitrogens with two attached hydrogens (primary N) is 1. The number of hydrogen-bond acceptors (Lipinski definition) is 4. The Morgan fingerprint density at radius 2 is 1.88 bits per heavy atom. The van der Waals surface area contributed by atoms with Gasteiger partial charge in [-0.25, -0.2) is 8.75 Å². The molecule has 0 aliphatic heterocycles. The quantitative estimate of drug-likeness (QED) is 0.492. The van der Waals surface area contributed by atoms with Crippen molar-refractivity contribution in [2.24, 2.45) is 9.50 Å². The third kappa shape index (κ3) is 9.27. The van der Waals surface area contributed by atoms with Crippen molar-refractivity contribution >= 4 is 17.2 Å². The maximum absolute atomic E-state index is 13.6. The molecule has 184 valence electrons. The number of aldehydes is 1. The Labute approximate surface area is 197 Å². The standard InChI is InChI=1S/C14H18F2O2.C10H16FN3S/c1-4-10-7-11(18-14(15)16)8-13(9(2)3)12(10)5-6-17;1-13-15(12)10-5-4-8(6-9(10)11)7-14(2)3/h6-9,14H,4-5H2,1-3H3;4-6H,7H2,1-3H3,(H2,12,13). The normalized spacial score (nSPS) is 12.2. The van der Waals surface area contributed by atoms with Gasteiger partial charge in [0.25, 0.3) is 0 Å². The van der Waals surface area contributed by atoms with E-state index in [-0.39, 0.29) is 17.5 Å². The smallest absolute Gasteiger partial charge is 0.387 e. The summed E-state index contributed by atoms with van der Waals surface area (Å²) in [6, 6.07) is 8.32. The zero-order valence-electron chi connectivity index (χ0n) is 20.1. The SMILES string of the molecule is CCc1cc(OC(F)F)cc(C(C)C)c1CC=O.CN=S(N)c1ccc(CN(C)C)cc1F. The van der Waals surface area contributed by atoms with E-state index >= 15 is 0 Å². The summed E-state index contributed by atoms with van der Waals surface area (Å²) in [5.74, 6) is 0.0532. The van der Waals surface area contributed by atoms with Gasteiger partial charge in [-0.3, -0.25) is 5.14 Å². The highest BCUT2D eigenvalue weighted by molar-refractivity contribution is 7.85. The molecule has 2 aromatic rings. The van der Waals surface area contributed by atoms with Gasteiger partial charge in [-0.15, -0.1) is 0 Å². The lowest BCUT2D eigenvalue weighted by atomic mass is 9.90. The summed E-state index contributed by atoms with van der Waals surface area (Å²) in [5, 5.41) is 5.66. The molecule has 0 fully saturated rings. The number of halogens is 3. The number of alkyl halides is 2. The molecule has 33 heavy (non-hydrogen) atoms. The Bertz CT molecular complexity index is 951. The number of hydrogen-bond donors (Lipinski definition) is 1. The van der Waals surface area contributed by atoms with E-state index in [9.17, 15) is 18.0 Å². The van der Waals surface area contributed by atoms with E-state index in [1.165, 1.54) is 6.07 Å². The fourth-order valence-corrected chi connectivity index (χ4v) is 4.00. The molecule has 0 heterocycles. The van der Waals surface area contributed by atoms with Gasteiger partial charge in [-0.05, 0) is 83.8 Å². The fourth-order valence-electron chi connectivity index (χ4n) is 3.34. The van der Waals surface area contributed by atoms with Gasteiger partial charge < -0.3 is 14.4 Å². The summed E-state index contributed by atoms with van der Waals surface area (Å²) in [4.78, 5) is 13.2. The Morgan fingerprint density at radius 3 is 2.33 bits per heavy atom. The molecule has 2 N–H and O–H groups in total. The average Bonchev–Trinajstić information content (AvgIpc) is 2.73. The van der Waals surface area contributed by atoms with Crippen molar-refractivity contribution in [1.82, 2.24) is 4.90 Å². The molecule has 0 aliphatic rings. The summed E-state index contributed by atoms with van der Waals surface area (Å²) in [6.45, 7) is 3.76. The van der Waals surface area contributed by atoms with Crippen LogP contribution in [-0.4, -0.2) is 38.9 Å². The van der Waals surface area contributed by atoms with Crippen molar-refractivity contribution in [3.8, 4) is 5.75 Å². The molecule has 0 amide bonds. The van der Waals surface area contributed by atoms with Crippen LogP contribution < -0.4 is 9.88 Å². The van der Waals surface area contributed by atoms with Crippen molar-refractivity contribution in [3.63, 3.8) is 0 Å². The van der Waals surface area contributed by atoms with Gasteiger partial charge >= 0.3 is 6.61 Å². The molecule has 0 spiro atoms. The van der Waals surface area contributed by atoms with Crippen LogP contribution in [0.3, 0.4) is 0 Å². The lowest BCUT2D eigenvalue weighted by molar-refractivity contribution is -0.107. The molecule has 0 saturated carbocycles. The van der Waals surface area contributed by atoms with Gasteiger partial charge in [0.1, 0.15) is 17.9 Å². The van der Waals surface area contributed by atoms with Crippen LogP contribution in [0.5, 0.6) is 5.75 Å². The molecule has 2 aromatic carbocycles. The van der Waals surface area contributed by atoms with Crippen LogP contribution >= 0.6 is 0 Å². The van der Waals surface area contributed by atoms with Crippen molar-refractivity contribution in [2.75, 3.05) is 21.1 Å². The summed E-state index contributed by atoms with van der Waals surface area (Å²) in [5.41, 5.74) is 3.67. The summed E-state index contributed by atoms with van der Waals surface area (Å²) in [7, 11) is 4.65. The molecule has 0 radical (unpaired) electrons. The third-order valence-electron chi connectivity index (χ3n) is 4.78. The Balaban J connectivity index is 0.000000335. The maximum atomic E-state index is 13.6. The molecule has 0 aliphatic carbocycles. The van der Waals surface area contributed by atoms with Gasteiger partial charge in [-0.1, -0.05) is 26.8 Å². The van der Waals surface area contributed by atoms with Crippen LogP contribution in [0, 0.1) is 5.82 Å². The van der Waals surface area contributed by atoms with Crippen LogP contribution in [0.2, 0.25) is 0 Å². The molecule has 9 heteroatoms. The number of nitrogens with zero attached hydrogens (tertiary/aromatic N) is 2. The van der Waals surface area contributed by atoms with E-state index in [0.717, 1.165) is 35.1 Å². The van der Waals surface area contributed by atoms with Crippen molar-refractivity contribution in [2.45, 2.75) is 57.6 Å². The highest BCUT2D eigenvalue weighted by Crippen LogP contribution is 2.29. The van der Waals surface area contributed by atoms with Gasteiger partial charge in [-0.2, -0.15) is 8.78 Å². The maximum Gasteiger partial charge on any atom is 0.387 e. The topological polar surface area (TPSA) is 67.9 Å². The first-order valence-corrected chi connectivity index (χ1v) is 11.8. The van der Waals surface area contributed by atoms with Gasteiger partial charge in [0, 0.05) is 20.0 Å². The molecular formula is C24H34F3N3O2S. The monoisotopic (exact) mass is 485 g/mol. The van der Waals surface area contributed by atoms with Gasteiger partial charge in [0.15, 0.2) is 0 Å². The predicted molar refractivity (Wildman–Crippen MR) is 128 cm³/mol. The summed E-state index contributed by atoms with van der Waals surface area (Å²) >= 11 is 0. The van der Waals surface area contributed by atoms with E-state index in [1.54, 1.807) is 25.2 Å². The molecule has 0 aromatic heterocycles. The first-order chi connectivity index (χ1) is 15.5. The number of carbonyl (C=O) groups is 1. The first-order valence-electron chi connectivity index (χ1n) is 10.6. The number of aryl methyl sites for hydroxylation is 1. The highest BCUT2D eigenvalue weighted by Gasteiger charge is 2.15. The highest BCUT2D eigenvalue weighted by atomic mass is 32.2. The van der Waals surface area contributed by atoms with Gasteiger partial charge in [0.05, 0.1) is 4.90 Å². The fraction of sp³-hybridized carbons (Fsp3) is 0.458. The molecule has 0 saturated heterocycles. The van der Waals surface area contributed by atoms with E-state index in [0.29, 0.717) is 17.7 Å². The van der Waals surface area contributed by atoms with Crippen LogP contribution in [0.1, 0.15) is 48.9 Å². The van der Waals surface area contributed by atoms with Crippen molar-refractivity contribution < 1.29 is 22.7 Å². The second-order valence-electron chi connectivity index (χ2n) is 7.91. The molecule has 1 unspecified atom stereocenters. The van der Waals surface area contributed by atoms with E-state index in [4.69, 9.17) is 5.14 Å². The third-order valence-corrected chi connectivity index (χ3v) is 5.96. The zero-order valence-corrected chi connectivity index (χ0v) is 20.9. The molecule has 2 rings (SSSR count). The minimum Gasteiger partial charge on any atom is -0.435 e. The van der Waals surface area contributed by atoms with E-state index in [1.807, 2.05) is 45.8 Å². The van der Waals surface area contributed by atoms with Crippen LogP contribution in [0.4, 0.5) is 13.2 Å². The minimum atomic E-state index is -2.83. The number of ether oxygens (including phenoxy) is 1.